The van der Waals surface area contributed by atoms with Gasteiger partial charge >= 0.3 is 6.18 Å². The number of benzene rings is 1. The Morgan fingerprint density at radius 1 is 1.57 bits per heavy atom. The summed E-state index contributed by atoms with van der Waals surface area (Å²) in [5.41, 5.74) is -2.95. The molecule has 0 amide bonds. The minimum atomic E-state index is -4.85. The van der Waals surface area contributed by atoms with Gasteiger partial charge in [0.25, 0.3) is 5.69 Å². The van der Waals surface area contributed by atoms with Gasteiger partial charge < -0.3 is 0 Å². The zero-order valence-electron chi connectivity index (χ0n) is 10.2. The molecule has 0 heterocycles. The van der Waals surface area contributed by atoms with Crippen molar-refractivity contribution >= 4 is 44.2 Å². The molecule has 0 unspecified atom stereocenters. The van der Waals surface area contributed by atoms with Crippen molar-refractivity contribution in [1.29, 1.82) is 5.26 Å². The Bertz CT molecular complexity index is 642. The van der Waals surface area contributed by atoms with E-state index in [1.807, 2.05) is 0 Å². The van der Waals surface area contributed by atoms with Gasteiger partial charge in [-0.2, -0.15) is 18.4 Å². The van der Waals surface area contributed by atoms with Crippen molar-refractivity contribution in [2.75, 3.05) is 6.26 Å². The molecule has 1 N–H and O–H groups in total. The third-order valence-electron chi connectivity index (χ3n) is 2.16. The van der Waals surface area contributed by atoms with E-state index in [2.05, 4.69) is 26.2 Å². The molecule has 11 heteroatoms. The molecule has 0 fully saturated rings. The van der Waals surface area contributed by atoms with Gasteiger partial charge in [0.15, 0.2) is 17.0 Å². The average Bonchev–Trinajstić information content (AvgIpc) is 2.36. The molecule has 0 bridgehead atoms. The summed E-state index contributed by atoms with van der Waals surface area (Å²) in [6.45, 7) is 0. The number of nitro groups is 1. The maximum absolute atomic E-state index is 13.1. The summed E-state index contributed by atoms with van der Waals surface area (Å²) in [7, 11) is 0. The van der Waals surface area contributed by atoms with Gasteiger partial charge in [-0.3, -0.25) is 15.4 Å². The predicted octanol–water partition coefficient (Wildman–Crippen LogP) is 3.80. The second-order valence-corrected chi connectivity index (χ2v) is 5.05. The Hall–Kier alpha value is -1.80. The first-order valence-corrected chi connectivity index (χ1v) is 7.06. The van der Waals surface area contributed by atoms with Gasteiger partial charge in [0, 0.05) is 10.5 Å². The monoisotopic (exact) mass is 382 g/mol. The van der Waals surface area contributed by atoms with E-state index in [4.69, 9.17) is 5.26 Å². The number of alkyl halides is 3. The van der Waals surface area contributed by atoms with Crippen molar-refractivity contribution in [3.8, 4) is 6.19 Å². The molecule has 0 aromatic heterocycles. The normalized spacial score (nSPS) is 11.9. The van der Waals surface area contributed by atoms with Crippen molar-refractivity contribution in [1.82, 2.24) is 5.32 Å². The highest BCUT2D eigenvalue weighted by Gasteiger charge is 2.39. The van der Waals surface area contributed by atoms with E-state index in [-0.39, 0.29) is 9.64 Å². The number of amidine groups is 1. The molecule has 6 nitrogen and oxygen atoms in total. The summed E-state index contributed by atoms with van der Waals surface area (Å²) in [4.78, 5) is 13.5. The highest BCUT2D eigenvalue weighted by molar-refractivity contribution is 9.10. The van der Waals surface area contributed by atoms with Crippen LogP contribution in [-0.2, 0) is 6.18 Å². The minimum Gasteiger partial charge on any atom is -0.271 e. The van der Waals surface area contributed by atoms with Crippen molar-refractivity contribution < 1.29 is 18.1 Å². The number of nitriles is 1. The number of thioether (sulfide) groups is 1. The SMILES string of the molecule is CSC(=Nc1c([N+](=O)[O-])ccc(Br)c1C(F)(F)F)NC#N. The average molecular weight is 383 g/mol. The van der Waals surface area contributed by atoms with Crippen molar-refractivity contribution in [3.05, 3.63) is 32.3 Å². The smallest absolute Gasteiger partial charge is 0.271 e. The van der Waals surface area contributed by atoms with Crippen LogP contribution in [0.3, 0.4) is 0 Å². The molecule has 0 saturated heterocycles. The number of halogens is 4. The molecule has 0 aliphatic carbocycles. The van der Waals surface area contributed by atoms with Crippen LogP contribution in [0.25, 0.3) is 0 Å². The minimum absolute atomic E-state index is 0.191. The number of rotatable bonds is 2. The number of nitrogens with zero attached hydrogens (tertiary/aromatic N) is 3. The molecule has 112 valence electrons. The Labute approximate surface area is 129 Å². The van der Waals surface area contributed by atoms with Crippen LogP contribution in [0.1, 0.15) is 5.56 Å². The molecule has 0 radical (unpaired) electrons. The molecule has 1 aromatic rings. The number of hydrogen-bond acceptors (Lipinski definition) is 5. The summed E-state index contributed by atoms with van der Waals surface area (Å²) in [6.07, 6.45) is -1.89. The van der Waals surface area contributed by atoms with Gasteiger partial charge in [-0.25, -0.2) is 4.99 Å². The number of nitro benzene ring substituents is 1. The molecule has 0 spiro atoms. The summed E-state index contributed by atoms with van der Waals surface area (Å²) in [5, 5.41) is 21.3. The summed E-state index contributed by atoms with van der Waals surface area (Å²) in [5.74, 6) is 0. The third-order valence-corrected chi connectivity index (χ3v) is 3.40. The van der Waals surface area contributed by atoms with Gasteiger partial charge in [-0.1, -0.05) is 27.7 Å². The van der Waals surface area contributed by atoms with Gasteiger partial charge in [0.2, 0.25) is 0 Å². The number of nitrogens with one attached hydrogen (secondary N) is 1. The molecule has 0 aliphatic heterocycles. The fourth-order valence-electron chi connectivity index (χ4n) is 1.36. The lowest BCUT2D eigenvalue weighted by atomic mass is 10.1. The predicted molar refractivity (Wildman–Crippen MR) is 75.2 cm³/mol. The number of aliphatic imine (C=N–C) groups is 1. The number of hydrogen-bond donors (Lipinski definition) is 1. The third kappa shape index (κ3) is 4.08. The lowest BCUT2D eigenvalue weighted by Gasteiger charge is -2.12. The molecule has 0 atom stereocenters. The lowest BCUT2D eigenvalue weighted by Crippen LogP contribution is -2.14. The van der Waals surface area contributed by atoms with E-state index < -0.39 is 28.0 Å². The summed E-state index contributed by atoms with van der Waals surface area (Å²) < 4.78 is 38.9. The van der Waals surface area contributed by atoms with Crippen LogP contribution in [0.15, 0.2) is 21.6 Å². The molecular formula is C10H6BrF3N4O2S. The molecule has 0 saturated carbocycles. The second-order valence-electron chi connectivity index (χ2n) is 3.40. The zero-order valence-corrected chi connectivity index (χ0v) is 12.6. The highest BCUT2D eigenvalue weighted by Crippen LogP contribution is 2.45. The molecule has 1 rings (SSSR count). The second kappa shape index (κ2) is 6.77. The van der Waals surface area contributed by atoms with Crippen LogP contribution in [0.5, 0.6) is 0 Å². The largest absolute Gasteiger partial charge is 0.419 e. The highest BCUT2D eigenvalue weighted by atomic mass is 79.9. The van der Waals surface area contributed by atoms with Crippen molar-refractivity contribution in [2.24, 2.45) is 4.99 Å². The van der Waals surface area contributed by atoms with E-state index in [0.29, 0.717) is 0 Å². The van der Waals surface area contributed by atoms with Crippen LogP contribution in [-0.4, -0.2) is 16.3 Å². The van der Waals surface area contributed by atoms with E-state index >= 15 is 0 Å². The van der Waals surface area contributed by atoms with E-state index in [9.17, 15) is 23.3 Å². The molecule has 21 heavy (non-hydrogen) atoms. The van der Waals surface area contributed by atoms with Crippen LogP contribution in [0.4, 0.5) is 24.5 Å². The summed E-state index contributed by atoms with van der Waals surface area (Å²) >= 11 is 3.56. The first kappa shape index (κ1) is 17.3. The molecule has 1 aromatic carbocycles. The first-order valence-electron chi connectivity index (χ1n) is 5.04. The van der Waals surface area contributed by atoms with Crippen LogP contribution >= 0.6 is 27.7 Å². The van der Waals surface area contributed by atoms with Crippen LogP contribution in [0.2, 0.25) is 0 Å². The fourth-order valence-corrected chi connectivity index (χ4v) is 2.23. The summed E-state index contributed by atoms with van der Waals surface area (Å²) in [6, 6.07) is 1.83. The first-order chi connectivity index (χ1) is 9.72. The van der Waals surface area contributed by atoms with Gasteiger partial charge in [-0.05, 0) is 12.3 Å². The van der Waals surface area contributed by atoms with Gasteiger partial charge in [-0.15, -0.1) is 0 Å². The van der Waals surface area contributed by atoms with Crippen LogP contribution < -0.4 is 5.32 Å². The fraction of sp³-hybridized carbons (Fsp3) is 0.200. The Balaban J connectivity index is 3.70. The standard InChI is InChI=1S/C10H6BrF3N4O2S/c1-21-9(16-4-15)17-8-6(18(19)20)3-2-5(11)7(8)10(12,13)14/h2-3H,1H3,(H,16,17). The van der Waals surface area contributed by atoms with E-state index in [1.165, 1.54) is 12.4 Å². The van der Waals surface area contributed by atoms with Gasteiger partial charge in [0.05, 0.1) is 4.92 Å². The maximum Gasteiger partial charge on any atom is 0.419 e. The Kier molecular flexibility index (Phi) is 5.56. The topological polar surface area (TPSA) is 91.3 Å². The quantitative estimate of drug-likeness (QED) is 0.210. The van der Waals surface area contributed by atoms with E-state index in [0.717, 1.165) is 23.9 Å². The maximum atomic E-state index is 13.1. The van der Waals surface area contributed by atoms with Crippen LogP contribution in [0, 0.1) is 21.6 Å². The molecule has 0 aliphatic rings. The van der Waals surface area contributed by atoms with Gasteiger partial charge in [0.1, 0.15) is 5.56 Å². The van der Waals surface area contributed by atoms with Crippen molar-refractivity contribution in [2.45, 2.75) is 6.18 Å². The zero-order chi connectivity index (χ0) is 16.2. The Morgan fingerprint density at radius 3 is 2.62 bits per heavy atom. The van der Waals surface area contributed by atoms with Crippen molar-refractivity contribution in [3.63, 3.8) is 0 Å². The lowest BCUT2D eigenvalue weighted by molar-refractivity contribution is -0.384. The molecular weight excluding hydrogens is 377 g/mol. The van der Waals surface area contributed by atoms with E-state index in [1.54, 1.807) is 0 Å². The Morgan fingerprint density at radius 2 is 2.19 bits per heavy atom.